The second-order valence-electron chi connectivity index (χ2n) is 6.95. The van der Waals surface area contributed by atoms with E-state index in [0.29, 0.717) is 10.5 Å². The van der Waals surface area contributed by atoms with Crippen LogP contribution in [0.4, 0.5) is 0 Å². The van der Waals surface area contributed by atoms with E-state index in [0.717, 1.165) is 5.92 Å². The van der Waals surface area contributed by atoms with Crippen LogP contribution in [0.5, 0.6) is 0 Å². The maximum absolute atomic E-state index is 6.58. The van der Waals surface area contributed by atoms with Gasteiger partial charge in [-0.15, -0.1) is 0 Å². The average Bonchev–Trinajstić information content (AvgIpc) is 1.92. The fraction of sp³-hybridized carbons (Fsp3) is 1.00. The lowest BCUT2D eigenvalue weighted by Gasteiger charge is -2.54. The van der Waals surface area contributed by atoms with Crippen LogP contribution in [0.25, 0.3) is 0 Å². The fourth-order valence-corrected chi connectivity index (χ4v) is 6.23. The number of hydrogen-bond donors (Lipinski definition) is 1. The molecule has 0 aromatic rings. The molecule has 0 bridgehead atoms. The fourth-order valence-electron chi connectivity index (χ4n) is 3.27. The Labute approximate surface area is 90.5 Å². The molecule has 0 spiro atoms. The monoisotopic (exact) mass is 213 g/mol. The van der Waals surface area contributed by atoms with E-state index >= 15 is 0 Å². The smallest absolute Gasteiger partial charge is 0.125 e. The van der Waals surface area contributed by atoms with Gasteiger partial charge in [0.15, 0.2) is 0 Å². The molecule has 0 saturated carbocycles. The first kappa shape index (κ1) is 12.2. The summed E-state index contributed by atoms with van der Waals surface area (Å²) in [7, 11) is -1.49. The molecule has 0 radical (unpaired) electrons. The molecule has 84 valence electrons. The molecule has 14 heavy (non-hydrogen) atoms. The molecule has 1 aliphatic heterocycles. The van der Waals surface area contributed by atoms with Gasteiger partial charge in [0.05, 0.1) is 0 Å². The zero-order chi connectivity index (χ0) is 11.2. The third-order valence-corrected chi connectivity index (χ3v) is 9.26. The Morgan fingerprint density at radius 1 is 1.29 bits per heavy atom. The highest BCUT2D eigenvalue weighted by atomic mass is 28.3. The third-order valence-electron chi connectivity index (χ3n) is 4.58. The van der Waals surface area contributed by atoms with Gasteiger partial charge in [0, 0.05) is 0 Å². The van der Waals surface area contributed by atoms with Gasteiger partial charge in [-0.1, -0.05) is 47.6 Å². The highest BCUT2D eigenvalue weighted by Gasteiger charge is 2.51. The molecule has 0 aliphatic carbocycles. The van der Waals surface area contributed by atoms with Crippen molar-refractivity contribution >= 4 is 8.24 Å². The predicted octanol–water partition coefficient (Wildman–Crippen LogP) is 3.76. The Balaban J connectivity index is 2.98. The Morgan fingerprint density at radius 3 is 2.14 bits per heavy atom. The SMILES string of the molecule is CC(C)(C)C1CCC[Si](C)(N)C1(C)C. The largest absolute Gasteiger partial charge is 0.350 e. The van der Waals surface area contributed by atoms with Gasteiger partial charge in [-0.2, -0.15) is 0 Å². The summed E-state index contributed by atoms with van der Waals surface area (Å²) in [5.41, 5.74) is 0.414. The minimum Gasteiger partial charge on any atom is -0.350 e. The Bertz CT molecular complexity index is 213. The predicted molar refractivity (Wildman–Crippen MR) is 66.8 cm³/mol. The topological polar surface area (TPSA) is 26.0 Å². The summed E-state index contributed by atoms with van der Waals surface area (Å²) in [6.07, 6.45) is 2.72. The van der Waals surface area contributed by atoms with Gasteiger partial charge in [-0.25, -0.2) is 0 Å². The van der Waals surface area contributed by atoms with Crippen molar-refractivity contribution < 1.29 is 0 Å². The van der Waals surface area contributed by atoms with Crippen molar-refractivity contribution in [3.63, 3.8) is 0 Å². The van der Waals surface area contributed by atoms with Crippen molar-refractivity contribution in [2.75, 3.05) is 0 Å². The van der Waals surface area contributed by atoms with E-state index in [9.17, 15) is 0 Å². The molecule has 0 aromatic carbocycles. The van der Waals surface area contributed by atoms with E-state index in [1.54, 1.807) is 0 Å². The second kappa shape index (κ2) is 3.34. The van der Waals surface area contributed by atoms with Gasteiger partial charge in [0.1, 0.15) is 8.24 Å². The summed E-state index contributed by atoms with van der Waals surface area (Å²) in [6, 6.07) is 1.31. The van der Waals surface area contributed by atoms with Gasteiger partial charge in [-0.3, -0.25) is 0 Å². The zero-order valence-electron chi connectivity index (χ0n) is 10.8. The molecule has 2 heteroatoms. The molecular formula is C12H27NSi. The Morgan fingerprint density at radius 2 is 1.79 bits per heavy atom. The molecule has 1 rings (SSSR count). The minimum atomic E-state index is -1.49. The highest BCUT2D eigenvalue weighted by molar-refractivity contribution is 6.78. The zero-order valence-corrected chi connectivity index (χ0v) is 11.8. The molecular weight excluding hydrogens is 186 g/mol. The Hall–Kier alpha value is 0.177. The van der Waals surface area contributed by atoms with Crippen molar-refractivity contribution in [1.29, 1.82) is 0 Å². The first-order chi connectivity index (χ1) is 6.09. The van der Waals surface area contributed by atoms with E-state index in [4.69, 9.17) is 5.40 Å². The summed E-state index contributed by atoms with van der Waals surface area (Å²) in [4.78, 5) is 0. The minimum absolute atomic E-state index is 0.392. The summed E-state index contributed by atoms with van der Waals surface area (Å²) in [6.45, 7) is 14.3. The van der Waals surface area contributed by atoms with E-state index in [1.165, 1.54) is 18.9 Å². The lowest BCUT2D eigenvalue weighted by Crippen LogP contribution is -2.58. The molecule has 2 atom stereocenters. The number of nitrogens with two attached hydrogens (primary N) is 1. The maximum atomic E-state index is 6.58. The molecule has 0 amide bonds. The van der Waals surface area contributed by atoms with Crippen LogP contribution in [-0.4, -0.2) is 8.24 Å². The van der Waals surface area contributed by atoms with E-state index in [-0.39, 0.29) is 0 Å². The quantitative estimate of drug-likeness (QED) is 0.609. The summed E-state index contributed by atoms with van der Waals surface area (Å²) < 4.78 is 0. The highest BCUT2D eigenvalue weighted by Crippen LogP contribution is 2.56. The van der Waals surface area contributed by atoms with Crippen LogP contribution in [0.3, 0.4) is 0 Å². The number of rotatable bonds is 0. The molecule has 1 aliphatic rings. The molecule has 2 N–H and O–H groups in total. The first-order valence-corrected chi connectivity index (χ1v) is 8.66. The van der Waals surface area contributed by atoms with Crippen molar-refractivity contribution in [3.05, 3.63) is 0 Å². The summed E-state index contributed by atoms with van der Waals surface area (Å²) in [5.74, 6) is 0.797. The molecule has 2 unspecified atom stereocenters. The van der Waals surface area contributed by atoms with Crippen LogP contribution in [0.2, 0.25) is 17.6 Å². The summed E-state index contributed by atoms with van der Waals surface area (Å²) >= 11 is 0. The van der Waals surface area contributed by atoms with Crippen molar-refractivity contribution in [1.82, 2.24) is 0 Å². The average molecular weight is 213 g/mol. The molecule has 1 fully saturated rings. The molecule has 1 saturated heterocycles. The molecule has 0 aromatic heterocycles. The Kier molecular flexibility index (Phi) is 2.92. The number of hydrogen-bond acceptors (Lipinski definition) is 1. The van der Waals surface area contributed by atoms with Gasteiger partial charge < -0.3 is 5.40 Å². The van der Waals surface area contributed by atoms with Gasteiger partial charge in [0.2, 0.25) is 0 Å². The van der Waals surface area contributed by atoms with E-state index in [1.807, 2.05) is 0 Å². The lowest BCUT2D eigenvalue weighted by molar-refractivity contribution is 0.158. The maximum Gasteiger partial charge on any atom is 0.125 e. The van der Waals surface area contributed by atoms with Gasteiger partial charge in [-0.05, 0) is 28.8 Å². The standard InChI is InChI=1S/C12H27NSi/c1-11(2,3)10-8-7-9-14(6,13)12(10,4)5/h10H,7-9,13H2,1-6H3. The molecule has 1 heterocycles. The first-order valence-electron chi connectivity index (χ1n) is 5.88. The van der Waals surface area contributed by atoms with Crippen LogP contribution >= 0.6 is 0 Å². The van der Waals surface area contributed by atoms with Crippen LogP contribution < -0.4 is 5.40 Å². The second-order valence-corrected chi connectivity index (χ2v) is 11.6. The van der Waals surface area contributed by atoms with Crippen molar-refractivity contribution in [2.45, 2.75) is 65.1 Å². The van der Waals surface area contributed by atoms with Crippen molar-refractivity contribution in [3.8, 4) is 0 Å². The van der Waals surface area contributed by atoms with Crippen LogP contribution in [-0.2, 0) is 0 Å². The van der Waals surface area contributed by atoms with Gasteiger partial charge in [0.25, 0.3) is 0 Å². The van der Waals surface area contributed by atoms with Crippen molar-refractivity contribution in [2.24, 2.45) is 16.7 Å². The van der Waals surface area contributed by atoms with Crippen LogP contribution in [0.15, 0.2) is 0 Å². The van der Waals surface area contributed by atoms with Crippen LogP contribution in [0.1, 0.15) is 47.5 Å². The van der Waals surface area contributed by atoms with Crippen LogP contribution in [0, 0.1) is 11.3 Å². The van der Waals surface area contributed by atoms with E-state index in [2.05, 4.69) is 41.2 Å². The normalized spacial score (nSPS) is 38.4. The van der Waals surface area contributed by atoms with Gasteiger partial charge >= 0.3 is 0 Å². The third kappa shape index (κ3) is 1.92. The van der Waals surface area contributed by atoms with E-state index < -0.39 is 8.24 Å². The summed E-state index contributed by atoms with van der Waals surface area (Å²) in [5, 5.41) is 6.97. The molecule has 1 nitrogen and oxygen atoms in total. The lowest BCUT2D eigenvalue weighted by atomic mass is 9.71.